The summed E-state index contributed by atoms with van der Waals surface area (Å²) >= 11 is 1.67. The molecule has 1 unspecified atom stereocenters. The Morgan fingerprint density at radius 2 is 2.25 bits per heavy atom. The largest absolute Gasteiger partial charge is 0.384 e. The Balaban J connectivity index is 1.62. The molecule has 0 saturated heterocycles. The van der Waals surface area contributed by atoms with Gasteiger partial charge in [0.2, 0.25) is 5.91 Å². The summed E-state index contributed by atoms with van der Waals surface area (Å²) in [6.07, 6.45) is 0.574. The van der Waals surface area contributed by atoms with Crippen molar-refractivity contribution in [2.24, 2.45) is 0 Å². The van der Waals surface area contributed by atoms with E-state index in [1.807, 2.05) is 29.5 Å². The number of nitrogens with one attached hydrogen (secondary N) is 1. The van der Waals surface area contributed by atoms with Crippen LogP contribution in [0.1, 0.15) is 23.5 Å². The average Bonchev–Trinajstić information content (AvgIpc) is 3.09. The van der Waals surface area contributed by atoms with Crippen LogP contribution in [0.2, 0.25) is 0 Å². The van der Waals surface area contributed by atoms with Crippen LogP contribution < -0.4 is 5.32 Å². The van der Waals surface area contributed by atoms with Crippen molar-refractivity contribution in [2.45, 2.75) is 18.9 Å². The van der Waals surface area contributed by atoms with Gasteiger partial charge in [0, 0.05) is 38.2 Å². The Bertz CT molecular complexity index is 594. The van der Waals surface area contributed by atoms with Crippen molar-refractivity contribution in [3.63, 3.8) is 0 Å². The molecule has 1 aliphatic heterocycles. The molecule has 2 heterocycles. The molecule has 0 bridgehead atoms. The molecule has 0 aliphatic carbocycles. The first kappa shape index (κ1) is 13.2. The van der Waals surface area contributed by atoms with Gasteiger partial charge in [-0.15, -0.1) is 0 Å². The summed E-state index contributed by atoms with van der Waals surface area (Å²) in [6, 6.07) is 10.3. The van der Waals surface area contributed by atoms with Crippen molar-refractivity contribution >= 4 is 22.9 Å². The van der Waals surface area contributed by atoms with Crippen LogP contribution in [0.3, 0.4) is 0 Å². The summed E-state index contributed by atoms with van der Waals surface area (Å²) in [5, 5.41) is 7.51. The van der Waals surface area contributed by atoms with E-state index < -0.39 is 0 Å². The number of hydrogen-bond acceptors (Lipinski definition) is 3. The lowest BCUT2D eigenvalue weighted by molar-refractivity contribution is -0.130. The summed E-state index contributed by atoms with van der Waals surface area (Å²) in [4.78, 5) is 14.2. The molecule has 1 aliphatic rings. The Morgan fingerprint density at radius 3 is 3.05 bits per heavy atom. The van der Waals surface area contributed by atoms with E-state index in [9.17, 15) is 4.79 Å². The SMILES string of the molecule is CN(Cc1ccsc1)C(=O)CC1CNc2ccccc21. The molecule has 2 aromatic rings. The predicted octanol–water partition coefficient (Wildman–Crippen LogP) is 3.31. The molecule has 0 fully saturated rings. The molecular formula is C16H18N2OS. The van der Waals surface area contributed by atoms with E-state index in [1.165, 1.54) is 16.8 Å². The van der Waals surface area contributed by atoms with E-state index in [-0.39, 0.29) is 5.91 Å². The summed E-state index contributed by atoms with van der Waals surface area (Å²) in [5.41, 5.74) is 3.64. The Morgan fingerprint density at radius 1 is 1.40 bits per heavy atom. The van der Waals surface area contributed by atoms with Crippen LogP contribution >= 0.6 is 11.3 Å². The standard InChI is InChI=1S/C16H18N2OS/c1-18(10-12-6-7-20-11-12)16(19)8-13-9-17-15-5-3-2-4-14(13)15/h2-7,11,13,17H,8-10H2,1H3. The molecule has 104 valence electrons. The van der Waals surface area contributed by atoms with Crippen LogP contribution in [0, 0.1) is 0 Å². The lowest BCUT2D eigenvalue weighted by atomic mass is 9.97. The van der Waals surface area contributed by atoms with Crippen LogP contribution in [0.15, 0.2) is 41.1 Å². The highest BCUT2D eigenvalue weighted by molar-refractivity contribution is 7.07. The number of amides is 1. The maximum Gasteiger partial charge on any atom is 0.223 e. The van der Waals surface area contributed by atoms with E-state index >= 15 is 0 Å². The summed E-state index contributed by atoms with van der Waals surface area (Å²) in [5.74, 6) is 0.503. The van der Waals surface area contributed by atoms with Gasteiger partial charge in [0.1, 0.15) is 0 Å². The Kier molecular flexibility index (Phi) is 3.74. The summed E-state index contributed by atoms with van der Waals surface area (Å²) in [6.45, 7) is 1.56. The van der Waals surface area contributed by atoms with Crippen LogP contribution in [0.5, 0.6) is 0 Å². The van der Waals surface area contributed by atoms with Gasteiger partial charge in [0.25, 0.3) is 0 Å². The van der Waals surface area contributed by atoms with E-state index in [4.69, 9.17) is 0 Å². The summed E-state index contributed by atoms with van der Waals surface area (Å²) < 4.78 is 0. The highest BCUT2D eigenvalue weighted by Gasteiger charge is 2.25. The maximum atomic E-state index is 12.3. The monoisotopic (exact) mass is 286 g/mol. The average molecular weight is 286 g/mol. The zero-order valence-electron chi connectivity index (χ0n) is 11.5. The van der Waals surface area contributed by atoms with E-state index in [1.54, 1.807) is 11.3 Å². The summed E-state index contributed by atoms with van der Waals surface area (Å²) in [7, 11) is 1.88. The second-order valence-electron chi connectivity index (χ2n) is 5.25. The lowest BCUT2D eigenvalue weighted by Crippen LogP contribution is -2.27. The Labute approximate surface area is 123 Å². The van der Waals surface area contributed by atoms with Crippen molar-refractivity contribution in [2.75, 3.05) is 18.9 Å². The number of anilines is 1. The third kappa shape index (κ3) is 2.70. The van der Waals surface area contributed by atoms with Crippen LogP contribution in [-0.4, -0.2) is 24.4 Å². The molecule has 1 N–H and O–H groups in total. The van der Waals surface area contributed by atoms with Crippen LogP contribution in [-0.2, 0) is 11.3 Å². The number of nitrogens with zero attached hydrogens (tertiary/aromatic N) is 1. The smallest absolute Gasteiger partial charge is 0.223 e. The molecule has 1 aromatic carbocycles. The van der Waals surface area contributed by atoms with Gasteiger partial charge in [0.15, 0.2) is 0 Å². The molecule has 1 atom stereocenters. The first-order valence-electron chi connectivity index (χ1n) is 6.82. The van der Waals surface area contributed by atoms with Gasteiger partial charge in [0.05, 0.1) is 0 Å². The molecule has 0 spiro atoms. The fourth-order valence-electron chi connectivity index (χ4n) is 2.65. The number of hydrogen-bond donors (Lipinski definition) is 1. The second-order valence-corrected chi connectivity index (χ2v) is 6.03. The molecule has 4 heteroatoms. The minimum Gasteiger partial charge on any atom is -0.384 e. The first-order valence-corrected chi connectivity index (χ1v) is 7.76. The fraction of sp³-hybridized carbons (Fsp3) is 0.312. The second kappa shape index (κ2) is 5.67. The predicted molar refractivity (Wildman–Crippen MR) is 83.1 cm³/mol. The normalized spacial score (nSPS) is 16.6. The van der Waals surface area contributed by atoms with Crippen molar-refractivity contribution in [3.05, 3.63) is 52.2 Å². The number of para-hydroxylation sites is 1. The van der Waals surface area contributed by atoms with Crippen molar-refractivity contribution in [3.8, 4) is 0 Å². The number of carbonyl (C=O) groups excluding carboxylic acids is 1. The molecular weight excluding hydrogens is 268 g/mol. The van der Waals surface area contributed by atoms with E-state index in [0.29, 0.717) is 18.9 Å². The van der Waals surface area contributed by atoms with Gasteiger partial charge in [-0.2, -0.15) is 11.3 Å². The third-order valence-electron chi connectivity index (χ3n) is 3.79. The zero-order valence-corrected chi connectivity index (χ0v) is 12.3. The molecule has 3 nitrogen and oxygen atoms in total. The molecule has 0 radical (unpaired) electrons. The first-order chi connectivity index (χ1) is 9.74. The van der Waals surface area contributed by atoms with Gasteiger partial charge in [-0.1, -0.05) is 18.2 Å². The molecule has 0 saturated carbocycles. The lowest BCUT2D eigenvalue weighted by Gasteiger charge is -2.19. The van der Waals surface area contributed by atoms with Crippen molar-refractivity contribution < 1.29 is 4.79 Å². The van der Waals surface area contributed by atoms with Crippen molar-refractivity contribution in [1.82, 2.24) is 4.90 Å². The van der Waals surface area contributed by atoms with Crippen molar-refractivity contribution in [1.29, 1.82) is 0 Å². The maximum absolute atomic E-state index is 12.3. The Hall–Kier alpha value is -1.81. The van der Waals surface area contributed by atoms with Gasteiger partial charge in [-0.3, -0.25) is 4.79 Å². The molecule has 3 rings (SSSR count). The number of rotatable bonds is 4. The van der Waals surface area contributed by atoms with E-state index in [2.05, 4.69) is 28.9 Å². The number of fused-ring (bicyclic) bond motifs is 1. The number of carbonyl (C=O) groups is 1. The minimum atomic E-state index is 0.208. The molecule has 1 aromatic heterocycles. The van der Waals surface area contributed by atoms with Gasteiger partial charge < -0.3 is 10.2 Å². The molecule has 20 heavy (non-hydrogen) atoms. The quantitative estimate of drug-likeness (QED) is 0.935. The van der Waals surface area contributed by atoms with Gasteiger partial charge in [-0.05, 0) is 34.0 Å². The topological polar surface area (TPSA) is 32.3 Å². The highest BCUT2D eigenvalue weighted by atomic mass is 32.1. The van der Waals surface area contributed by atoms with Crippen LogP contribution in [0.25, 0.3) is 0 Å². The number of benzene rings is 1. The number of thiophene rings is 1. The fourth-order valence-corrected chi connectivity index (χ4v) is 3.31. The molecule has 1 amide bonds. The zero-order chi connectivity index (χ0) is 13.9. The highest BCUT2D eigenvalue weighted by Crippen LogP contribution is 2.33. The third-order valence-corrected chi connectivity index (χ3v) is 4.52. The van der Waals surface area contributed by atoms with E-state index in [0.717, 1.165) is 6.54 Å². The van der Waals surface area contributed by atoms with Gasteiger partial charge in [-0.25, -0.2) is 0 Å². The minimum absolute atomic E-state index is 0.208. The van der Waals surface area contributed by atoms with Gasteiger partial charge >= 0.3 is 0 Å². The van der Waals surface area contributed by atoms with Crippen LogP contribution in [0.4, 0.5) is 5.69 Å².